The monoisotopic (exact) mass is 324 g/mol. The number of aromatic nitrogens is 1. The highest BCUT2D eigenvalue weighted by Crippen LogP contribution is 2.30. The van der Waals surface area contributed by atoms with Gasteiger partial charge in [-0.15, -0.1) is 0 Å². The molecule has 0 atom stereocenters. The molecule has 1 aromatic carbocycles. The average molecular weight is 324 g/mol. The molecule has 6 nitrogen and oxygen atoms in total. The number of rotatable bonds is 4. The number of hydrogen-bond acceptors (Lipinski definition) is 5. The van der Waals surface area contributed by atoms with E-state index in [4.69, 9.17) is 4.74 Å². The van der Waals surface area contributed by atoms with Crippen molar-refractivity contribution in [1.82, 2.24) is 4.98 Å². The van der Waals surface area contributed by atoms with Gasteiger partial charge in [0.15, 0.2) is 6.61 Å². The maximum absolute atomic E-state index is 11.3. The Morgan fingerprint density at radius 2 is 2.08 bits per heavy atom. The Bertz CT molecular complexity index is 739. The van der Waals surface area contributed by atoms with Crippen molar-refractivity contribution in [2.24, 2.45) is 0 Å². The minimum atomic E-state index is -0.118. The first-order valence-electron chi connectivity index (χ1n) is 8.28. The third-order valence-electron chi connectivity index (χ3n) is 4.35. The summed E-state index contributed by atoms with van der Waals surface area (Å²) in [7, 11) is 0. The molecule has 1 saturated heterocycles. The first-order valence-corrected chi connectivity index (χ1v) is 8.28. The zero-order valence-corrected chi connectivity index (χ0v) is 13.4. The summed E-state index contributed by atoms with van der Waals surface area (Å²) in [5.74, 6) is 1.64. The Morgan fingerprint density at radius 3 is 2.88 bits per heavy atom. The molecule has 0 aliphatic carbocycles. The lowest BCUT2D eigenvalue weighted by Crippen LogP contribution is -2.25. The molecule has 0 unspecified atom stereocenters. The number of ether oxygens (including phenoxy) is 1. The van der Waals surface area contributed by atoms with Crippen molar-refractivity contribution in [2.45, 2.75) is 19.4 Å². The van der Waals surface area contributed by atoms with Crippen LogP contribution in [-0.2, 0) is 11.3 Å². The van der Waals surface area contributed by atoms with E-state index in [-0.39, 0.29) is 12.5 Å². The van der Waals surface area contributed by atoms with Crippen molar-refractivity contribution in [3.8, 4) is 5.75 Å². The number of amides is 1. The zero-order chi connectivity index (χ0) is 16.4. The number of hydrogen-bond donors (Lipinski definition) is 2. The van der Waals surface area contributed by atoms with Gasteiger partial charge < -0.3 is 20.3 Å². The third-order valence-corrected chi connectivity index (χ3v) is 4.35. The van der Waals surface area contributed by atoms with Gasteiger partial charge >= 0.3 is 0 Å². The van der Waals surface area contributed by atoms with Crippen LogP contribution in [0.4, 0.5) is 17.2 Å². The molecule has 2 N–H and O–H groups in total. The van der Waals surface area contributed by atoms with Gasteiger partial charge in [-0.2, -0.15) is 0 Å². The quantitative estimate of drug-likeness (QED) is 0.905. The van der Waals surface area contributed by atoms with Gasteiger partial charge in [0.2, 0.25) is 0 Å². The number of carbonyl (C=O) groups excluding carboxylic acids is 1. The summed E-state index contributed by atoms with van der Waals surface area (Å²) in [6, 6.07) is 9.89. The van der Waals surface area contributed by atoms with Crippen LogP contribution in [0.25, 0.3) is 0 Å². The highest BCUT2D eigenvalue weighted by molar-refractivity contribution is 5.95. The summed E-state index contributed by atoms with van der Waals surface area (Å²) in [4.78, 5) is 18.2. The lowest BCUT2D eigenvalue weighted by molar-refractivity contribution is -0.118. The smallest absolute Gasteiger partial charge is 0.262 e. The molecule has 6 heteroatoms. The molecule has 2 aromatic rings. The molecule has 0 radical (unpaired) electrons. The second-order valence-corrected chi connectivity index (χ2v) is 6.12. The average Bonchev–Trinajstić information content (AvgIpc) is 3.15. The van der Waals surface area contributed by atoms with E-state index in [1.54, 1.807) is 0 Å². The number of nitrogens with zero attached hydrogens (tertiary/aromatic N) is 2. The molecule has 1 aromatic heterocycles. The normalized spacial score (nSPS) is 16.3. The highest BCUT2D eigenvalue weighted by atomic mass is 16.5. The van der Waals surface area contributed by atoms with Crippen LogP contribution in [0.1, 0.15) is 18.4 Å². The van der Waals surface area contributed by atoms with Gasteiger partial charge in [0.25, 0.3) is 5.91 Å². The fourth-order valence-corrected chi connectivity index (χ4v) is 3.04. The van der Waals surface area contributed by atoms with Crippen molar-refractivity contribution >= 4 is 23.1 Å². The van der Waals surface area contributed by atoms with Crippen LogP contribution in [0.5, 0.6) is 5.75 Å². The maximum Gasteiger partial charge on any atom is 0.262 e. The lowest BCUT2D eigenvalue weighted by atomic mass is 10.2. The van der Waals surface area contributed by atoms with Gasteiger partial charge in [0, 0.05) is 37.6 Å². The molecule has 24 heavy (non-hydrogen) atoms. The molecule has 1 fully saturated rings. The summed E-state index contributed by atoms with van der Waals surface area (Å²) in [6.07, 6.45) is 4.44. The number of anilines is 3. The minimum absolute atomic E-state index is 0.0678. The molecule has 3 heterocycles. The summed E-state index contributed by atoms with van der Waals surface area (Å²) in [5.41, 5.74) is 2.80. The Morgan fingerprint density at radius 1 is 1.21 bits per heavy atom. The zero-order valence-electron chi connectivity index (χ0n) is 13.4. The van der Waals surface area contributed by atoms with Crippen molar-refractivity contribution in [3.63, 3.8) is 0 Å². The molecule has 2 aliphatic heterocycles. The van der Waals surface area contributed by atoms with Crippen LogP contribution >= 0.6 is 0 Å². The largest absolute Gasteiger partial charge is 0.482 e. The lowest BCUT2D eigenvalue weighted by Gasteiger charge is -2.19. The number of fused-ring (bicyclic) bond motifs is 1. The minimum Gasteiger partial charge on any atom is -0.482 e. The maximum atomic E-state index is 11.3. The van der Waals surface area contributed by atoms with Crippen LogP contribution in [0.15, 0.2) is 36.5 Å². The van der Waals surface area contributed by atoms with E-state index in [9.17, 15) is 4.79 Å². The fourth-order valence-electron chi connectivity index (χ4n) is 3.04. The van der Waals surface area contributed by atoms with Gasteiger partial charge in [-0.1, -0.05) is 6.07 Å². The fraction of sp³-hybridized carbons (Fsp3) is 0.333. The van der Waals surface area contributed by atoms with E-state index in [0.717, 1.165) is 30.2 Å². The van der Waals surface area contributed by atoms with Crippen LogP contribution in [0, 0.1) is 0 Å². The molecule has 1 amide bonds. The summed E-state index contributed by atoms with van der Waals surface area (Å²) in [5, 5.41) is 6.15. The number of carbonyl (C=O) groups is 1. The van der Waals surface area contributed by atoms with Gasteiger partial charge in [0.1, 0.15) is 11.6 Å². The third kappa shape index (κ3) is 3.13. The summed E-state index contributed by atoms with van der Waals surface area (Å²) >= 11 is 0. The van der Waals surface area contributed by atoms with E-state index in [1.807, 2.05) is 24.4 Å². The van der Waals surface area contributed by atoms with Crippen molar-refractivity contribution in [1.29, 1.82) is 0 Å². The Balaban J connectivity index is 1.39. The van der Waals surface area contributed by atoms with Gasteiger partial charge in [-0.25, -0.2) is 4.98 Å². The van der Waals surface area contributed by atoms with Crippen molar-refractivity contribution in [2.75, 3.05) is 35.2 Å². The first-order chi connectivity index (χ1) is 11.8. The molecule has 0 bridgehead atoms. The van der Waals surface area contributed by atoms with Crippen LogP contribution < -0.4 is 20.3 Å². The van der Waals surface area contributed by atoms with Crippen molar-refractivity contribution < 1.29 is 9.53 Å². The second-order valence-electron chi connectivity index (χ2n) is 6.12. The standard InChI is InChI=1S/C18H20N4O2/c23-18-12-24-16-9-14(4-5-15(16)21-18)19-10-13-3-6-17(20-11-13)22-7-1-2-8-22/h3-6,9,11,19H,1-2,7-8,10,12H2,(H,21,23). The Labute approximate surface area is 140 Å². The molecule has 0 spiro atoms. The predicted octanol–water partition coefficient (Wildman–Crippen LogP) is 2.62. The van der Waals surface area contributed by atoms with E-state index < -0.39 is 0 Å². The van der Waals surface area contributed by atoms with E-state index in [0.29, 0.717) is 18.0 Å². The predicted molar refractivity (Wildman–Crippen MR) is 93.6 cm³/mol. The molecule has 2 aliphatic rings. The van der Waals surface area contributed by atoms with Gasteiger partial charge in [-0.3, -0.25) is 4.79 Å². The SMILES string of the molecule is O=C1COc2cc(NCc3ccc(N4CCCC4)nc3)ccc2N1. The molecule has 124 valence electrons. The van der Waals surface area contributed by atoms with Gasteiger partial charge in [-0.05, 0) is 36.6 Å². The van der Waals surface area contributed by atoms with E-state index >= 15 is 0 Å². The first kappa shape index (κ1) is 14.8. The molecular weight excluding hydrogens is 304 g/mol. The molecule has 0 saturated carbocycles. The molecular formula is C18H20N4O2. The van der Waals surface area contributed by atoms with E-state index in [1.165, 1.54) is 12.8 Å². The van der Waals surface area contributed by atoms with Crippen LogP contribution in [0.2, 0.25) is 0 Å². The summed E-state index contributed by atoms with van der Waals surface area (Å²) < 4.78 is 5.43. The number of pyridine rings is 1. The Hall–Kier alpha value is -2.76. The second kappa shape index (κ2) is 6.39. The van der Waals surface area contributed by atoms with E-state index in [2.05, 4.69) is 32.7 Å². The Kier molecular flexibility index (Phi) is 3.94. The summed E-state index contributed by atoms with van der Waals surface area (Å²) in [6.45, 7) is 2.98. The van der Waals surface area contributed by atoms with Crippen LogP contribution in [-0.4, -0.2) is 30.6 Å². The van der Waals surface area contributed by atoms with Crippen LogP contribution in [0.3, 0.4) is 0 Å². The molecule has 4 rings (SSSR count). The topological polar surface area (TPSA) is 66.5 Å². The number of benzene rings is 1. The van der Waals surface area contributed by atoms with Crippen molar-refractivity contribution in [3.05, 3.63) is 42.1 Å². The highest BCUT2D eigenvalue weighted by Gasteiger charge is 2.16. The van der Waals surface area contributed by atoms with Gasteiger partial charge in [0.05, 0.1) is 5.69 Å². The number of nitrogens with one attached hydrogen (secondary N) is 2.